The average molecular weight is 269 g/mol. The first-order chi connectivity index (χ1) is 9.72. The van der Waals surface area contributed by atoms with Crippen molar-refractivity contribution in [3.8, 4) is 0 Å². The predicted molar refractivity (Wildman–Crippen MR) is 71.5 cm³/mol. The molecule has 7 heteroatoms. The Morgan fingerprint density at radius 3 is 3.00 bits per heavy atom. The topological polar surface area (TPSA) is 92.4 Å². The van der Waals surface area contributed by atoms with Gasteiger partial charge in [0.05, 0.1) is 6.20 Å². The standard InChI is InChI=1S/C13H11N5O2/c19-13(20)10-8-18-12(16-10)4-3-11(17-18)15-7-9-2-1-5-14-6-9/h1-6,8H,7H2,(H,15,17)(H,19,20). The Balaban J connectivity index is 1.80. The minimum Gasteiger partial charge on any atom is -0.476 e. The third-order valence-electron chi connectivity index (χ3n) is 2.74. The number of carboxylic acids is 1. The number of anilines is 1. The lowest BCUT2D eigenvalue weighted by Gasteiger charge is -2.05. The molecule has 0 amide bonds. The number of carboxylic acid groups (broad SMARTS) is 1. The van der Waals surface area contributed by atoms with E-state index >= 15 is 0 Å². The zero-order chi connectivity index (χ0) is 13.9. The van der Waals surface area contributed by atoms with E-state index in [9.17, 15) is 4.79 Å². The van der Waals surface area contributed by atoms with Crippen LogP contribution >= 0.6 is 0 Å². The predicted octanol–water partition coefficient (Wildman–Crippen LogP) is 1.43. The quantitative estimate of drug-likeness (QED) is 0.744. The zero-order valence-corrected chi connectivity index (χ0v) is 10.4. The molecule has 0 bridgehead atoms. The van der Waals surface area contributed by atoms with Crippen LogP contribution in [0.15, 0.2) is 42.9 Å². The molecule has 3 rings (SSSR count). The first kappa shape index (κ1) is 12.1. The van der Waals surface area contributed by atoms with Crippen LogP contribution in [0.5, 0.6) is 0 Å². The maximum absolute atomic E-state index is 10.8. The van der Waals surface area contributed by atoms with Crippen molar-refractivity contribution in [2.45, 2.75) is 6.54 Å². The molecule has 0 saturated heterocycles. The highest BCUT2D eigenvalue weighted by atomic mass is 16.4. The molecule has 3 aromatic heterocycles. The van der Waals surface area contributed by atoms with Gasteiger partial charge >= 0.3 is 5.97 Å². The van der Waals surface area contributed by atoms with Crippen molar-refractivity contribution in [2.75, 3.05) is 5.32 Å². The van der Waals surface area contributed by atoms with Crippen molar-refractivity contribution in [1.82, 2.24) is 19.6 Å². The van der Waals surface area contributed by atoms with Crippen molar-refractivity contribution in [1.29, 1.82) is 0 Å². The van der Waals surface area contributed by atoms with E-state index in [-0.39, 0.29) is 5.69 Å². The first-order valence-corrected chi connectivity index (χ1v) is 5.95. The molecule has 0 aliphatic rings. The van der Waals surface area contributed by atoms with E-state index < -0.39 is 5.97 Å². The molecule has 7 nitrogen and oxygen atoms in total. The number of hydrogen-bond donors (Lipinski definition) is 2. The van der Waals surface area contributed by atoms with Crippen LogP contribution in [0.1, 0.15) is 16.1 Å². The molecular weight excluding hydrogens is 258 g/mol. The number of nitrogens with one attached hydrogen (secondary N) is 1. The van der Waals surface area contributed by atoms with Crippen molar-refractivity contribution < 1.29 is 9.90 Å². The van der Waals surface area contributed by atoms with Gasteiger partial charge in [0.15, 0.2) is 11.3 Å². The SMILES string of the molecule is O=C(O)c1cn2nc(NCc3cccnc3)ccc2n1. The molecule has 3 heterocycles. The molecule has 0 atom stereocenters. The molecule has 0 saturated carbocycles. The molecule has 0 radical (unpaired) electrons. The van der Waals surface area contributed by atoms with Gasteiger partial charge in [-0.1, -0.05) is 6.07 Å². The van der Waals surface area contributed by atoms with Crippen LogP contribution in [0.4, 0.5) is 5.82 Å². The summed E-state index contributed by atoms with van der Waals surface area (Å²) in [4.78, 5) is 18.8. The third kappa shape index (κ3) is 2.41. The number of nitrogens with zero attached hydrogens (tertiary/aromatic N) is 4. The minimum atomic E-state index is -1.07. The summed E-state index contributed by atoms with van der Waals surface area (Å²) in [6.45, 7) is 0.590. The molecule has 0 aliphatic heterocycles. The maximum Gasteiger partial charge on any atom is 0.356 e. The molecule has 0 spiro atoms. The third-order valence-corrected chi connectivity index (χ3v) is 2.74. The van der Waals surface area contributed by atoms with Crippen LogP contribution in [0, 0.1) is 0 Å². The van der Waals surface area contributed by atoms with Crippen molar-refractivity contribution >= 4 is 17.4 Å². The summed E-state index contributed by atoms with van der Waals surface area (Å²) in [6, 6.07) is 7.29. The summed E-state index contributed by atoms with van der Waals surface area (Å²) in [6.07, 6.45) is 4.87. The Morgan fingerprint density at radius 2 is 2.25 bits per heavy atom. The van der Waals surface area contributed by atoms with Gasteiger partial charge in [-0.25, -0.2) is 14.3 Å². The lowest BCUT2D eigenvalue weighted by atomic mass is 10.3. The van der Waals surface area contributed by atoms with Crippen LogP contribution in [0.3, 0.4) is 0 Å². The lowest BCUT2D eigenvalue weighted by Crippen LogP contribution is -2.03. The molecule has 20 heavy (non-hydrogen) atoms. The molecule has 0 fully saturated rings. The monoisotopic (exact) mass is 269 g/mol. The van der Waals surface area contributed by atoms with Crippen LogP contribution in [-0.2, 0) is 6.54 Å². The van der Waals surface area contributed by atoms with Crippen LogP contribution in [0.2, 0.25) is 0 Å². The fourth-order valence-electron chi connectivity index (χ4n) is 1.77. The Hall–Kier alpha value is -2.96. The number of carbonyl (C=O) groups is 1. The smallest absolute Gasteiger partial charge is 0.356 e. The Kier molecular flexibility index (Phi) is 3.00. The van der Waals surface area contributed by atoms with Gasteiger partial charge in [-0.15, -0.1) is 5.10 Å². The van der Waals surface area contributed by atoms with Crippen LogP contribution in [-0.4, -0.2) is 30.7 Å². The largest absolute Gasteiger partial charge is 0.476 e. The normalized spacial score (nSPS) is 10.6. The summed E-state index contributed by atoms with van der Waals surface area (Å²) >= 11 is 0. The van der Waals surface area contributed by atoms with E-state index in [0.717, 1.165) is 5.56 Å². The van der Waals surface area contributed by atoms with Gasteiger partial charge in [0.25, 0.3) is 0 Å². The highest BCUT2D eigenvalue weighted by Gasteiger charge is 2.09. The number of aromatic carboxylic acids is 1. The number of imidazole rings is 1. The van der Waals surface area contributed by atoms with Crippen LogP contribution < -0.4 is 5.32 Å². The number of aromatic nitrogens is 4. The summed E-state index contributed by atoms with van der Waals surface area (Å²) in [5.41, 5.74) is 1.50. The summed E-state index contributed by atoms with van der Waals surface area (Å²) in [5, 5.41) is 16.3. The van der Waals surface area contributed by atoms with E-state index in [1.165, 1.54) is 10.7 Å². The zero-order valence-electron chi connectivity index (χ0n) is 10.4. The van der Waals surface area contributed by atoms with Crippen LogP contribution in [0.25, 0.3) is 5.65 Å². The number of pyridine rings is 1. The number of rotatable bonds is 4. The van der Waals surface area contributed by atoms with Gasteiger partial charge in [-0.05, 0) is 23.8 Å². The molecule has 100 valence electrons. The Morgan fingerprint density at radius 1 is 1.35 bits per heavy atom. The molecule has 2 N–H and O–H groups in total. The Bertz CT molecular complexity index is 754. The maximum atomic E-state index is 10.8. The van der Waals surface area contributed by atoms with E-state index in [4.69, 9.17) is 5.11 Å². The molecule has 3 aromatic rings. The van der Waals surface area contributed by atoms with Crippen molar-refractivity contribution in [3.63, 3.8) is 0 Å². The van der Waals surface area contributed by atoms with E-state index in [1.54, 1.807) is 24.5 Å². The molecule has 0 aliphatic carbocycles. The number of fused-ring (bicyclic) bond motifs is 1. The van der Waals surface area contributed by atoms with E-state index in [0.29, 0.717) is 18.0 Å². The molecule has 0 unspecified atom stereocenters. The molecule has 0 aromatic carbocycles. The van der Waals surface area contributed by atoms with E-state index in [1.807, 2.05) is 12.1 Å². The van der Waals surface area contributed by atoms with Gasteiger partial charge in [0, 0.05) is 18.9 Å². The fraction of sp³-hybridized carbons (Fsp3) is 0.0769. The van der Waals surface area contributed by atoms with Gasteiger partial charge in [0.1, 0.15) is 5.82 Å². The fourth-order valence-corrected chi connectivity index (χ4v) is 1.77. The van der Waals surface area contributed by atoms with Gasteiger partial charge in [-0.2, -0.15) is 0 Å². The first-order valence-electron chi connectivity index (χ1n) is 5.95. The minimum absolute atomic E-state index is 0.0260. The van der Waals surface area contributed by atoms with Crippen molar-refractivity contribution in [2.24, 2.45) is 0 Å². The summed E-state index contributed by atoms with van der Waals surface area (Å²) in [5.74, 6) is -0.434. The van der Waals surface area contributed by atoms with Gasteiger partial charge in [-0.3, -0.25) is 4.98 Å². The summed E-state index contributed by atoms with van der Waals surface area (Å²) < 4.78 is 1.44. The Labute approximate surface area is 113 Å². The highest BCUT2D eigenvalue weighted by molar-refractivity contribution is 5.86. The number of hydrogen-bond acceptors (Lipinski definition) is 5. The average Bonchev–Trinajstić information content (AvgIpc) is 2.89. The van der Waals surface area contributed by atoms with Gasteiger partial charge < -0.3 is 10.4 Å². The molecular formula is C13H11N5O2. The second-order valence-corrected chi connectivity index (χ2v) is 4.17. The van der Waals surface area contributed by atoms with Gasteiger partial charge in [0.2, 0.25) is 0 Å². The second-order valence-electron chi connectivity index (χ2n) is 4.17. The van der Waals surface area contributed by atoms with Crippen molar-refractivity contribution in [3.05, 3.63) is 54.1 Å². The lowest BCUT2D eigenvalue weighted by molar-refractivity contribution is 0.0691. The van der Waals surface area contributed by atoms with E-state index in [2.05, 4.69) is 20.4 Å². The highest BCUT2D eigenvalue weighted by Crippen LogP contribution is 2.09. The summed E-state index contributed by atoms with van der Waals surface area (Å²) in [7, 11) is 0. The second kappa shape index (κ2) is 4.96.